The molecule has 0 heterocycles. The van der Waals surface area contributed by atoms with Crippen molar-refractivity contribution in [2.24, 2.45) is 5.41 Å². The molecule has 0 unspecified atom stereocenters. The van der Waals surface area contributed by atoms with E-state index in [4.69, 9.17) is 13.0 Å². The second-order valence-corrected chi connectivity index (χ2v) is 24.5. The molecule has 1 aromatic rings. The maximum absolute atomic E-state index is 12.3. The van der Waals surface area contributed by atoms with Gasteiger partial charge in [-0.15, -0.1) is 0 Å². The largest absolute Gasteiger partial charge is 0.437 e. The van der Waals surface area contributed by atoms with Crippen LogP contribution in [0.25, 0.3) is 0 Å². The van der Waals surface area contributed by atoms with Crippen molar-refractivity contribution in [3.63, 3.8) is 0 Å². The van der Waals surface area contributed by atoms with Crippen molar-refractivity contribution in [3.8, 4) is 0 Å². The lowest BCUT2D eigenvalue weighted by atomic mass is 9.86. The summed E-state index contributed by atoms with van der Waals surface area (Å²) in [6.45, 7) is 23.1. The Balaban J connectivity index is 2.37. The van der Waals surface area contributed by atoms with Crippen LogP contribution in [0.2, 0.25) is 51.9 Å². The SMILES string of the molecule is CC(C)(C)C(=O)c1ccc(CCCOCCC[Si](C)(O[Si](C)(C)C)O[Si](C)(C)C)cc1. The molecule has 31 heavy (non-hydrogen) atoms. The van der Waals surface area contributed by atoms with Gasteiger partial charge in [-0.2, -0.15) is 0 Å². The average molecular weight is 483 g/mol. The molecule has 1 aromatic carbocycles. The molecule has 7 heteroatoms. The van der Waals surface area contributed by atoms with Crippen LogP contribution in [0.4, 0.5) is 0 Å². The molecular weight excluding hydrogens is 437 g/mol. The number of carbonyl (C=O) groups excluding carboxylic acids is 1. The summed E-state index contributed by atoms with van der Waals surface area (Å²) in [7, 11) is -5.43. The van der Waals surface area contributed by atoms with Crippen LogP contribution in [-0.2, 0) is 19.4 Å². The van der Waals surface area contributed by atoms with Gasteiger partial charge in [0.05, 0.1) is 0 Å². The molecule has 0 N–H and O–H groups in total. The third-order valence-corrected chi connectivity index (χ3v) is 14.2. The first kappa shape index (κ1) is 28.5. The Labute approximate surface area is 194 Å². The van der Waals surface area contributed by atoms with Crippen LogP contribution in [0.3, 0.4) is 0 Å². The maximum Gasteiger partial charge on any atom is 0.314 e. The fourth-order valence-corrected chi connectivity index (χ4v) is 16.2. The van der Waals surface area contributed by atoms with Crippen LogP contribution in [0.15, 0.2) is 24.3 Å². The summed E-state index contributed by atoms with van der Waals surface area (Å²) < 4.78 is 19.0. The maximum atomic E-state index is 12.3. The van der Waals surface area contributed by atoms with Gasteiger partial charge in [-0.05, 0) is 76.7 Å². The first-order chi connectivity index (χ1) is 14.0. The number of ether oxygens (including phenoxy) is 1. The van der Waals surface area contributed by atoms with Gasteiger partial charge in [0.15, 0.2) is 22.4 Å². The molecule has 4 nitrogen and oxygen atoms in total. The molecule has 0 aliphatic rings. The number of rotatable bonds is 13. The smallest absolute Gasteiger partial charge is 0.314 e. The van der Waals surface area contributed by atoms with Gasteiger partial charge in [0, 0.05) is 24.2 Å². The normalized spacial score (nSPS) is 13.5. The minimum absolute atomic E-state index is 0.189. The number of ketones is 1. The molecule has 0 saturated heterocycles. The van der Waals surface area contributed by atoms with Crippen LogP contribution >= 0.6 is 0 Å². The van der Waals surface area contributed by atoms with E-state index in [-0.39, 0.29) is 11.2 Å². The topological polar surface area (TPSA) is 44.8 Å². The van der Waals surface area contributed by atoms with Crippen molar-refractivity contribution in [1.82, 2.24) is 0 Å². The number of carbonyl (C=O) groups is 1. The molecule has 0 fully saturated rings. The van der Waals surface area contributed by atoms with Crippen LogP contribution in [0, 0.1) is 5.41 Å². The van der Waals surface area contributed by atoms with Crippen molar-refractivity contribution >= 4 is 31.0 Å². The number of Topliss-reactive ketones (excluding diaryl/α,β-unsaturated/α-hetero) is 1. The second-order valence-electron chi connectivity index (χ2n) is 11.7. The Morgan fingerprint density at radius 2 is 1.29 bits per heavy atom. The highest BCUT2D eigenvalue weighted by Gasteiger charge is 2.39. The third-order valence-electron chi connectivity index (χ3n) is 4.62. The Morgan fingerprint density at radius 1 is 0.806 bits per heavy atom. The highest BCUT2D eigenvalue weighted by atomic mass is 28.5. The van der Waals surface area contributed by atoms with Crippen LogP contribution in [0.5, 0.6) is 0 Å². The first-order valence-electron chi connectivity index (χ1n) is 11.6. The summed E-state index contributed by atoms with van der Waals surface area (Å²) in [5.74, 6) is 0.189. The van der Waals surface area contributed by atoms with Crippen molar-refractivity contribution < 1.29 is 17.8 Å². The van der Waals surface area contributed by atoms with E-state index >= 15 is 0 Å². The van der Waals surface area contributed by atoms with Gasteiger partial charge in [0.25, 0.3) is 0 Å². The summed E-state index contributed by atoms with van der Waals surface area (Å²) >= 11 is 0. The van der Waals surface area contributed by atoms with Crippen LogP contribution in [0.1, 0.15) is 49.5 Å². The Kier molecular flexibility index (Phi) is 10.6. The van der Waals surface area contributed by atoms with Gasteiger partial charge in [0.2, 0.25) is 0 Å². The summed E-state index contributed by atoms with van der Waals surface area (Å²) in [6.07, 6.45) is 2.94. The minimum atomic E-state index is -2.15. The molecule has 0 aliphatic carbocycles. The van der Waals surface area contributed by atoms with Crippen molar-refractivity contribution in [2.45, 2.75) is 91.9 Å². The zero-order chi connectivity index (χ0) is 23.9. The number of hydrogen-bond donors (Lipinski definition) is 0. The predicted molar refractivity (Wildman–Crippen MR) is 139 cm³/mol. The van der Waals surface area contributed by atoms with Gasteiger partial charge in [-0.1, -0.05) is 45.0 Å². The standard InChI is InChI=1S/C24H46O4Si3/c1-24(2,3)23(25)22-16-14-21(15-17-22)13-11-18-26-19-12-20-31(10,27-29(4,5)6)28-30(7,8)9/h14-17H,11-13,18-20H2,1-10H3. The van der Waals surface area contributed by atoms with E-state index in [0.29, 0.717) is 0 Å². The van der Waals surface area contributed by atoms with Gasteiger partial charge < -0.3 is 13.0 Å². The Bertz CT molecular complexity index is 667. The summed E-state index contributed by atoms with van der Waals surface area (Å²) in [5.41, 5.74) is 1.70. The summed E-state index contributed by atoms with van der Waals surface area (Å²) in [4.78, 5) is 12.3. The van der Waals surface area contributed by atoms with E-state index in [0.717, 1.165) is 44.1 Å². The fourth-order valence-electron chi connectivity index (χ4n) is 3.65. The lowest BCUT2D eigenvalue weighted by Gasteiger charge is -2.38. The highest BCUT2D eigenvalue weighted by molar-refractivity contribution is 6.87. The van der Waals surface area contributed by atoms with E-state index < -0.39 is 25.2 Å². The lowest BCUT2D eigenvalue weighted by Crippen LogP contribution is -2.52. The molecule has 0 bridgehead atoms. The third kappa shape index (κ3) is 12.3. The summed E-state index contributed by atoms with van der Waals surface area (Å²) in [5, 5.41) is 0. The second kappa shape index (κ2) is 11.5. The molecular formula is C24H46O4Si3. The molecule has 0 aliphatic heterocycles. The van der Waals surface area contributed by atoms with E-state index in [2.05, 4.69) is 58.0 Å². The molecule has 0 amide bonds. The lowest BCUT2D eigenvalue weighted by molar-refractivity contribution is 0.0858. The minimum Gasteiger partial charge on any atom is -0.437 e. The first-order valence-corrected chi connectivity index (χ1v) is 21.0. The van der Waals surface area contributed by atoms with Crippen molar-refractivity contribution in [2.75, 3.05) is 13.2 Å². The van der Waals surface area contributed by atoms with Crippen molar-refractivity contribution in [3.05, 3.63) is 35.4 Å². The van der Waals surface area contributed by atoms with E-state index in [1.165, 1.54) is 5.56 Å². The molecule has 178 valence electrons. The van der Waals surface area contributed by atoms with E-state index in [9.17, 15) is 4.79 Å². The predicted octanol–water partition coefficient (Wildman–Crippen LogP) is 7.03. The van der Waals surface area contributed by atoms with Gasteiger partial charge in [0.1, 0.15) is 0 Å². The molecule has 0 aromatic heterocycles. The van der Waals surface area contributed by atoms with E-state index in [1.807, 2.05) is 32.9 Å². The monoisotopic (exact) mass is 482 g/mol. The Hall–Kier alpha value is -0.579. The van der Waals surface area contributed by atoms with Crippen LogP contribution < -0.4 is 0 Å². The highest BCUT2D eigenvalue weighted by Crippen LogP contribution is 2.25. The zero-order valence-electron chi connectivity index (χ0n) is 21.7. The summed E-state index contributed by atoms with van der Waals surface area (Å²) in [6, 6.07) is 9.03. The quantitative estimate of drug-likeness (QED) is 0.172. The average Bonchev–Trinajstić information content (AvgIpc) is 2.56. The molecule has 0 radical (unpaired) electrons. The van der Waals surface area contributed by atoms with Crippen molar-refractivity contribution in [1.29, 1.82) is 0 Å². The molecule has 0 atom stereocenters. The zero-order valence-corrected chi connectivity index (χ0v) is 24.7. The number of hydrogen-bond acceptors (Lipinski definition) is 4. The number of benzene rings is 1. The number of aryl methyl sites for hydroxylation is 1. The Morgan fingerprint density at radius 3 is 1.74 bits per heavy atom. The van der Waals surface area contributed by atoms with Gasteiger partial charge in [-0.3, -0.25) is 4.79 Å². The van der Waals surface area contributed by atoms with Gasteiger partial charge in [-0.25, -0.2) is 0 Å². The molecule has 1 rings (SSSR count). The molecule has 0 saturated carbocycles. The van der Waals surface area contributed by atoms with Gasteiger partial charge >= 0.3 is 8.56 Å². The van der Waals surface area contributed by atoms with Crippen LogP contribution in [-0.4, -0.2) is 44.2 Å². The van der Waals surface area contributed by atoms with E-state index in [1.54, 1.807) is 0 Å². The molecule has 0 spiro atoms. The fraction of sp³-hybridized carbons (Fsp3) is 0.708.